The Morgan fingerprint density at radius 1 is 1.25 bits per heavy atom. The van der Waals surface area contributed by atoms with Gasteiger partial charge >= 0.3 is 5.69 Å². The molecule has 0 unspecified atom stereocenters. The highest BCUT2D eigenvalue weighted by Crippen LogP contribution is 2.30. The fourth-order valence-corrected chi connectivity index (χ4v) is 3.50. The van der Waals surface area contributed by atoms with Crippen LogP contribution in [0.3, 0.4) is 0 Å². The van der Waals surface area contributed by atoms with Gasteiger partial charge in [0, 0.05) is 16.0 Å². The van der Waals surface area contributed by atoms with Crippen molar-refractivity contribution in [1.82, 2.24) is 5.32 Å². The van der Waals surface area contributed by atoms with Gasteiger partial charge in [-0.3, -0.25) is 14.9 Å². The van der Waals surface area contributed by atoms with Gasteiger partial charge in [0.05, 0.1) is 11.0 Å². The molecule has 0 aliphatic rings. The summed E-state index contributed by atoms with van der Waals surface area (Å²) in [6.07, 6.45) is 0. The van der Waals surface area contributed by atoms with Gasteiger partial charge in [-0.15, -0.1) is 11.3 Å². The maximum Gasteiger partial charge on any atom is 0.312 e. The molecule has 0 saturated heterocycles. The Hall–Kier alpha value is -2.97. The highest BCUT2D eigenvalue weighted by atomic mass is 35.5. The SMILES string of the molecule is O=C(COc1ccc(Cl)cc1[N+](=O)[O-])N[C@@H](c1ccc(F)cc1)c1cccs1. The van der Waals surface area contributed by atoms with Crippen LogP contribution in [0.15, 0.2) is 60.0 Å². The predicted molar refractivity (Wildman–Crippen MR) is 104 cm³/mol. The smallest absolute Gasteiger partial charge is 0.312 e. The van der Waals surface area contributed by atoms with Crippen LogP contribution in [-0.4, -0.2) is 17.4 Å². The zero-order chi connectivity index (χ0) is 20.1. The average molecular weight is 421 g/mol. The van der Waals surface area contributed by atoms with Crippen LogP contribution >= 0.6 is 22.9 Å². The largest absolute Gasteiger partial charge is 0.477 e. The molecule has 3 rings (SSSR count). The summed E-state index contributed by atoms with van der Waals surface area (Å²) in [5, 5.41) is 16.0. The van der Waals surface area contributed by atoms with E-state index in [0.717, 1.165) is 10.9 Å². The van der Waals surface area contributed by atoms with Crippen molar-refractivity contribution < 1.29 is 18.8 Å². The second-order valence-electron chi connectivity index (χ2n) is 5.73. The van der Waals surface area contributed by atoms with E-state index in [4.69, 9.17) is 16.3 Å². The molecule has 0 aliphatic carbocycles. The summed E-state index contributed by atoms with van der Waals surface area (Å²) in [5.74, 6) is -0.913. The van der Waals surface area contributed by atoms with Crippen molar-refractivity contribution in [2.75, 3.05) is 6.61 Å². The Balaban J connectivity index is 1.73. The second-order valence-corrected chi connectivity index (χ2v) is 7.14. The molecule has 3 aromatic rings. The van der Waals surface area contributed by atoms with E-state index in [2.05, 4.69) is 5.32 Å². The highest BCUT2D eigenvalue weighted by molar-refractivity contribution is 7.10. The van der Waals surface area contributed by atoms with Crippen LogP contribution in [0.25, 0.3) is 0 Å². The van der Waals surface area contributed by atoms with Crippen molar-refractivity contribution in [2.24, 2.45) is 0 Å². The number of rotatable bonds is 7. The summed E-state index contributed by atoms with van der Waals surface area (Å²) in [4.78, 5) is 23.7. The molecule has 0 fully saturated rings. The van der Waals surface area contributed by atoms with Gasteiger partial charge < -0.3 is 10.1 Å². The lowest BCUT2D eigenvalue weighted by Crippen LogP contribution is -2.33. The van der Waals surface area contributed by atoms with E-state index in [1.165, 1.54) is 35.6 Å². The zero-order valence-electron chi connectivity index (χ0n) is 14.3. The normalized spacial score (nSPS) is 11.6. The van der Waals surface area contributed by atoms with Crippen LogP contribution in [0.1, 0.15) is 16.5 Å². The number of hydrogen-bond donors (Lipinski definition) is 1. The number of nitro benzene ring substituents is 1. The number of amides is 1. The topological polar surface area (TPSA) is 81.5 Å². The number of nitro groups is 1. The molecule has 1 atom stereocenters. The molecule has 144 valence electrons. The standard InChI is InChI=1S/C19H14ClFN2O4S/c20-13-5-8-16(15(10-13)23(25)26)27-11-18(24)22-19(17-2-1-9-28-17)12-3-6-14(21)7-4-12/h1-10,19H,11H2,(H,22,24)/t19-/m0/s1. The van der Waals surface area contributed by atoms with E-state index < -0.39 is 23.5 Å². The minimum absolute atomic E-state index is 0.0565. The van der Waals surface area contributed by atoms with Gasteiger partial charge in [-0.1, -0.05) is 29.8 Å². The summed E-state index contributed by atoms with van der Waals surface area (Å²) in [7, 11) is 0. The average Bonchev–Trinajstić information content (AvgIpc) is 3.20. The lowest BCUT2D eigenvalue weighted by atomic mass is 10.1. The van der Waals surface area contributed by atoms with E-state index in [-0.39, 0.29) is 22.3 Å². The highest BCUT2D eigenvalue weighted by Gasteiger charge is 2.20. The van der Waals surface area contributed by atoms with Gasteiger partial charge in [-0.25, -0.2) is 4.39 Å². The summed E-state index contributed by atoms with van der Waals surface area (Å²) in [6, 6.07) is 12.9. The number of carbonyl (C=O) groups excluding carboxylic acids is 1. The van der Waals surface area contributed by atoms with Gasteiger partial charge in [0.1, 0.15) is 5.82 Å². The fourth-order valence-electron chi connectivity index (χ4n) is 2.53. The Kier molecular flexibility index (Phi) is 6.23. The lowest BCUT2D eigenvalue weighted by molar-refractivity contribution is -0.385. The van der Waals surface area contributed by atoms with Crippen LogP contribution < -0.4 is 10.1 Å². The van der Waals surface area contributed by atoms with Crippen LogP contribution in [0.2, 0.25) is 5.02 Å². The molecule has 1 amide bonds. The molecule has 2 aromatic carbocycles. The quantitative estimate of drug-likeness (QED) is 0.442. The fraction of sp³-hybridized carbons (Fsp3) is 0.105. The molecule has 28 heavy (non-hydrogen) atoms. The van der Waals surface area contributed by atoms with Crippen LogP contribution in [0.5, 0.6) is 5.75 Å². The molecule has 0 saturated carbocycles. The summed E-state index contributed by atoms with van der Waals surface area (Å²) < 4.78 is 18.5. The van der Waals surface area contributed by atoms with Crippen molar-refractivity contribution in [2.45, 2.75) is 6.04 Å². The molecule has 9 heteroatoms. The summed E-state index contributed by atoms with van der Waals surface area (Å²) in [5.41, 5.74) is 0.378. The van der Waals surface area contributed by atoms with Crippen molar-refractivity contribution in [1.29, 1.82) is 0 Å². The maximum atomic E-state index is 13.2. The van der Waals surface area contributed by atoms with E-state index in [1.807, 2.05) is 17.5 Å². The predicted octanol–water partition coefficient (Wildman–Crippen LogP) is 4.73. The number of halogens is 2. The van der Waals surface area contributed by atoms with Crippen molar-refractivity contribution in [3.05, 3.63) is 91.4 Å². The third-order valence-electron chi connectivity index (χ3n) is 3.81. The molecule has 0 aliphatic heterocycles. The first-order valence-corrected chi connectivity index (χ1v) is 9.35. The molecule has 1 heterocycles. The monoisotopic (exact) mass is 420 g/mol. The van der Waals surface area contributed by atoms with Gasteiger partial charge in [0.2, 0.25) is 0 Å². The number of ether oxygens (including phenoxy) is 1. The van der Waals surface area contributed by atoms with Crippen LogP contribution in [-0.2, 0) is 4.79 Å². The Bertz CT molecular complexity index is 980. The van der Waals surface area contributed by atoms with Crippen molar-refractivity contribution >= 4 is 34.5 Å². The third-order valence-corrected chi connectivity index (χ3v) is 4.99. The minimum atomic E-state index is -0.633. The maximum absolute atomic E-state index is 13.2. The number of nitrogens with one attached hydrogen (secondary N) is 1. The van der Waals surface area contributed by atoms with Crippen LogP contribution in [0, 0.1) is 15.9 Å². The number of carbonyl (C=O) groups is 1. The Morgan fingerprint density at radius 2 is 2.00 bits per heavy atom. The molecule has 0 radical (unpaired) electrons. The van der Waals surface area contributed by atoms with Gasteiger partial charge in [-0.2, -0.15) is 0 Å². The van der Waals surface area contributed by atoms with E-state index in [0.29, 0.717) is 5.56 Å². The second kappa shape index (κ2) is 8.81. The molecule has 1 N–H and O–H groups in total. The molecule has 0 spiro atoms. The summed E-state index contributed by atoms with van der Waals surface area (Å²) >= 11 is 7.20. The van der Waals surface area contributed by atoms with Crippen molar-refractivity contribution in [3.8, 4) is 5.75 Å². The first-order chi connectivity index (χ1) is 13.4. The minimum Gasteiger partial charge on any atom is -0.477 e. The first kappa shape index (κ1) is 19.8. The number of benzene rings is 2. The van der Waals surface area contributed by atoms with E-state index >= 15 is 0 Å². The zero-order valence-corrected chi connectivity index (χ0v) is 15.9. The van der Waals surface area contributed by atoms with Gasteiger partial charge in [-0.05, 0) is 41.3 Å². The molecule has 0 bridgehead atoms. The molecule has 6 nitrogen and oxygen atoms in total. The van der Waals surface area contributed by atoms with Gasteiger partial charge in [0.15, 0.2) is 12.4 Å². The first-order valence-electron chi connectivity index (χ1n) is 8.09. The molecular weight excluding hydrogens is 407 g/mol. The van der Waals surface area contributed by atoms with E-state index in [9.17, 15) is 19.3 Å². The van der Waals surface area contributed by atoms with Crippen molar-refractivity contribution in [3.63, 3.8) is 0 Å². The molecular formula is C19H14ClFN2O4S. The van der Waals surface area contributed by atoms with Crippen LogP contribution in [0.4, 0.5) is 10.1 Å². The third kappa shape index (κ3) is 4.85. The number of hydrogen-bond acceptors (Lipinski definition) is 5. The summed E-state index contributed by atoms with van der Waals surface area (Å²) in [6.45, 7) is -0.425. The lowest BCUT2D eigenvalue weighted by Gasteiger charge is -2.18. The van der Waals surface area contributed by atoms with E-state index in [1.54, 1.807) is 12.1 Å². The Morgan fingerprint density at radius 3 is 2.64 bits per heavy atom. The Labute approximate surface area is 168 Å². The number of thiophene rings is 1. The number of nitrogens with zero attached hydrogens (tertiary/aromatic N) is 1. The molecule has 1 aromatic heterocycles. The van der Waals surface area contributed by atoms with Gasteiger partial charge in [0.25, 0.3) is 5.91 Å².